The predicted octanol–water partition coefficient (Wildman–Crippen LogP) is 13.8. The third kappa shape index (κ3) is 40.4. The summed E-state index contributed by atoms with van der Waals surface area (Å²) in [5.74, 6) is -0.236. The number of nitrogens with zero attached hydrogens (tertiary/aromatic N) is 1. The lowest BCUT2D eigenvalue weighted by Gasteiger charge is -2.11. The summed E-state index contributed by atoms with van der Waals surface area (Å²) in [6.45, 7) is 10.6. The van der Waals surface area contributed by atoms with Gasteiger partial charge >= 0.3 is 18.1 Å². The van der Waals surface area contributed by atoms with Crippen LogP contribution in [0.4, 0.5) is 4.79 Å². The van der Waals surface area contributed by atoms with Crippen LogP contribution in [0.2, 0.25) is 0 Å². The Balaban J connectivity index is 4.63. The maximum absolute atomic E-state index is 12.6. The molecule has 0 aromatic rings. The minimum atomic E-state index is -0.823. The van der Waals surface area contributed by atoms with Gasteiger partial charge in [0.1, 0.15) is 24.7 Å². The van der Waals surface area contributed by atoms with Gasteiger partial charge in [-0.25, -0.2) is 4.79 Å². The highest BCUT2D eigenvalue weighted by molar-refractivity contribution is 5.71. The van der Waals surface area contributed by atoms with E-state index in [4.69, 9.17) is 18.9 Å². The minimum Gasteiger partial charge on any atom is -0.433 e. The molecule has 0 atom stereocenters. The first kappa shape index (κ1) is 53.4. The summed E-state index contributed by atoms with van der Waals surface area (Å²) < 4.78 is 21.4. The second-order valence-electron chi connectivity index (χ2n) is 15.0. The first-order valence-electron chi connectivity index (χ1n) is 22.2. The lowest BCUT2D eigenvalue weighted by Crippen LogP contribution is -2.20. The number of carbonyl (C=O) groups is 3. The van der Waals surface area contributed by atoms with Crippen LogP contribution in [0.15, 0.2) is 84.4 Å². The molecule has 0 aliphatic heterocycles. The Morgan fingerprint density at radius 3 is 1.46 bits per heavy atom. The average Bonchev–Trinajstić information content (AvgIpc) is 3.16. The van der Waals surface area contributed by atoms with Crippen molar-refractivity contribution in [3.63, 3.8) is 0 Å². The minimum absolute atomic E-state index is 0.114. The van der Waals surface area contributed by atoms with E-state index in [1.807, 2.05) is 19.0 Å². The summed E-state index contributed by atoms with van der Waals surface area (Å²) in [5, 5.41) is 0. The number of allylic oxidation sites excluding steroid dienone is 10. The second kappa shape index (κ2) is 40.5. The molecule has 324 valence electrons. The van der Waals surface area contributed by atoms with E-state index >= 15 is 0 Å². The Bertz CT molecular complexity index is 1220. The molecular formula is C49H81NO7. The van der Waals surface area contributed by atoms with Gasteiger partial charge in [-0.2, -0.15) is 0 Å². The molecule has 0 radical (unpaired) electrons. The molecule has 0 saturated carbocycles. The zero-order chi connectivity index (χ0) is 42.0. The number of esters is 2. The third-order valence-electron chi connectivity index (χ3n) is 9.03. The smallest absolute Gasteiger partial charge is 0.433 e. The van der Waals surface area contributed by atoms with Gasteiger partial charge in [0.05, 0.1) is 0 Å². The summed E-state index contributed by atoms with van der Waals surface area (Å²) in [7, 11) is 3.76. The maximum Gasteiger partial charge on any atom is 0.508 e. The van der Waals surface area contributed by atoms with Gasteiger partial charge in [0.15, 0.2) is 0 Å². The number of unbranched alkanes of at least 4 members (excludes halogenated alkanes) is 16. The van der Waals surface area contributed by atoms with Gasteiger partial charge < -0.3 is 23.8 Å². The molecule has 0 aliphatic carbocycles. The van der Waals surface area contributed by atoms with Crippen LogP contribution >= 0.6 is 0 Å². The molecule has 57 heavy (non-hydrogen) atoms. The van der Waals surface area contributed by atoms with Crippen molar-refractivity contribution >= 4 is 18.1 Å². The van der Waals surface area contributed by atoms with E-state index in [9.17, 15) is 14.4 Å². The summed E-state index contributed by atoms with van der Waals surface area (Å²) in [6, 6.07) is 0. The molecule has 8 heteroatoms. The van der Waals surface area contributed by atoms with E-state index in [1.165, 1.54) is 57.4 Å². The Morgan fingerprint density at radius 1 is 0.544 bits per heavy atom. The third-order valence-corrected chi connectivity index (χ3v) is 9.03. The van der Waals surface area contributed by atoms with E-state index in [0.717, 1.165) is 89.9 Å². The van der Waals surface area contributed by atoms with Gasteiger partial charge in [0.25, 0.3) is 0 Å². The summed E-state index contributed by atoms with van der Waals surface area (Å²) in [5.41, 5.74) is 0.441. The van der Waals surface area contributed by atoms with Crippen molar-refractivity contribution in [2.24, 2.45) is 0 Å². The van der Waals surface area contributed by atoms with Gasteiger partial charge in [0.2, 0.25) is 0 Å². The van der Waals surface area contributed by atoms with Crippen molar-refractivity contribution in [3.05, 3.63) is 84.4 Å². The van der Waals surface area contributed by atoms with Crippen LogP contribution < -0.4 is 0 Å². The molecule has 0 heterocycles. The largest absolute Gasteiger partial charge is 0.508 e. The van der Waals surface area contributed by atoms with Crippen molar-refractivity contribution in [2.45, 2.75) is 175 Å². The fourth-order valence-corrected chi connectivity index (χ4v) is 5.74. The first-order valence-corrected chi connectivity index (χ1v) is 22.2. The van der Waals surface area contributed by atoms with Crippen LogP contribution in [0.25, 0.3) is 0 Å². The topological polar surface area (TPSA) is 91.4 Å². The van der Waals surface area contributed by atoms with Crippen LogP contribution in [-0.4, -0.2) is 56.8 Å². The molecule has 0 unspecified atom stereocenters. The zero-order valence-corrected chi connectivity index (χ0v) is 36.9. The second-order valence-corrected chi connectivity index (χ2v) is 15.0. The summed E-state index contributed by atoms with van der Waals surface area (Å²) in [6.07, 6.45) is 45.4. The van der Waals surface area contributed by atoms with E-state index in [2.05, 4.69) is 69.0 Å². The first-order chi connectivity index (χ1) is 27.7. The SMILES string of the molecule is C=C(/C=C(\C=C(/C)OC(=O)CCCCCCC/C=C\C/C=C\CCCCC)COC(=O)OCCN(C)C)OC(=O)CCCCCCC/C=C\C/C=C\CCCCC. The van der Waals surface area contributed by atoms with Gasteiger partial charge in [-0.3, -0.25) is 9.59 Å². The summed E-state index contributed by atoms with van der Waals surface area (Å²) >= 11 is 0. The van der Waals surface area contributed by atoms with Crippen molar-refractivity contribution in [1.29, 1.82) is 0 Å². The molecule has 0 fully saturated rings. The molecule has 0 spiro atoms. The molecular weight excluding hydrogens is 715 g/mol. The predicted molar refractivity (Wildman–Crippen MR) is 238 cm³/mol. The Kier molecular flexibility index (Phi) is 37.9. The summed E-state index contributed by atoms with van der Waals surface area (Å²) in [4.78, 5) is 39.2. The molecule has 0 aliphatic rings. The van der Waals surface area contributed by atoms with E-state index in [1.54, 1.807) is 13.0 Å². The molecule has 0 aromatic carbocycles. The Labute approximate surface area is 348 Å². The van der Waals surface area contributed by atoms with Gasteiger partial charge in [-0.1, -0.05) is 133 Å². The Hall–Kier alpha value is -3.65. The van der Waals surface area contributed by atoms with E-state index < -0.39 is 6.16 Å². The Morgan fingerprint density at radius 2 is 0.982 bits per heavy atom. The van der Waals surface area contributed by atoms with Crippen LogP contribution in [0.5, 0.6) is 0 Å². The van der Waals surface area contributed by atoms with Crippen LogP contribution in [0.3, 0.4) is 0 Å². The van der Waals surface area contributed by atoms with Crippen LogP contribution in [-0.2, 0) is 28.5 Å². The van der Waals surface area contributed by atoms with Gasteiger partial charge in [0, 0.05) is 19.4 Å². The van der Waals surface area contributed by atoms with Gasteiger partial charge in [-0.05, 0) is 116 Å². The molecule has 0 N–H and O–H groups in total. The van der Waals surface area contributed by atoms with Crippen molar-refractivity contribution in [3.8, 4) is 0 Å². The zero-order valence-electron chi connectivity index (χ0n) is 36.9. The molecule has 0 amide bonds. The fourth-order valence-electron chi connectivity index (χ4n) is 5.74. The molecule has 0 aromatic heterocycles. The maximum atomic E-state index is 12.6. The van der Waals surface area contributed by atoms with Crippen LogP contribution in [0, 0.1) is 0 Å². The molecule has 8 nitrogen and oxygen atoms in total. The molecule has 0 saturated heterocycles. The number of ether oxygens (including phenoxy) is 4. The van der Waals surface area contributed by atoms with E-state index in [-0.39, 0.29) is 30.9 Å². The number of hydrogen-bond acceptors (Lipinski definition) is 8. The number of carbonyl (C=O) groups excluding carboxylic acids is 3. The number of hydrogen-bond donors (Lipinski definition) is 0. The highest BCUT2D eigenvalue weighted by atomic mass is 16.7. The van der Waals surface area contributed by atoms with Crippen molar-refractivity contribution in [1.82, 2.24) is 4.90 Å². The average molecular weight is 796 g/mol. The lowest BCUT2D eigenvalue weighted by atomic mass is 10.1. The van der Waals surface area contributed by atoms with Crippen LogP contribution in [0.1, 0.15) is 175 Å². The lowest BCUT2D eigenvalue weighted by molar-refractivity contribution is -0.140. The quantitative estimate of drug-likeness (QED) is 0.0153. The molecule has 0 bridgehead atoms. The molecule has 0 rings (SSSR count). The number of rotatable bonds is 37. The number of likely N-dealkylation sites (N-methyl/N-ethyl adjacent to an activating group) is 1. The van der Waals surface area contributed by atoms with E-state index in [0.29, 0.717) is 30.7 Å². The fraction of sp³-hybridized carbons (Fsp3) is 0.653. The van der Waals surface area contributed by atoms with Crippen molar-refractivity contribution in [2.75, 3.05) is 33.9 Å². The monoisotopic (exact) mass is 796 g/mol. The highest BCUT2D eigenvalue weighted by Gasteiger charge is 2.11. The normalized spacial score (nSPS) is 12.5. The highest BCUT2D eigenvalue weighted by Crippen LogP contribution is 2.15. The standard InChI is InChI=1S/C49H81NO7/c1-7-9-11-13-15-17-19-21-23-25-27-29-31-33-35-37-47(51)56-44(3)41-46(43-55-49(53)54-40-39-50(5)6)42-45(4)57-48(52)38-36-34-32-30-28-26-24-22-20-18-16-14-12-10-8-2/h15-18,21-24,41-42H,3,7-14,19-20,25-40,43H2,1-2,4-6H3/b17-15-,18-16-,23-21-,24-22-,45-42+,46-41+. The van der Waals surface area contributed by atoms with Crippen molar-refractivity contribution < 1.29 is 33.3 Å². The van der Waals surface area contributed by atoms with Gasteiger partial charge in [-0.15, -0.1) is 0 Å².